The number of rotatable bonds is 4. The third kappa shape index (κ3) is 3.96. The molecule has 2 aromatic carbocycles. The highest BCUT2D eigenvalue weighted by Crippen LogP contribution is 2.24. The van der Waals surface area contributed by atoms with Crippen LogP contribution in [0.5, 0.6) is 0 Å². The molecule has 0 unspecified atom stereocenters. The monoisotopic (exact) mass is 425 g/mol. The molecule has 29 heavy (non-hydrogen) atoms. The van der Waals surface area contributed by atoms with Crippen LogP contribution >= 0.6 is 0 Å². The van der Waals surface area contributed by atoms with E-state index in [1.165, 1.54) is 30.0 Å². The van der Waals surface area contributed by atoms with Crippen molar-refractivity contribution in [2.45, 2.75) is 11.8 Å². The summed E-state index contributed by atoms with van der Waals surface area (Å²) < 4.78 is 52.8. The van der Waals surface area contributed by atoms with Crippen molar-refractivity contribution in [3.8, 4) is 0 Å². The van der Waals surface area contributed by atoms with Gasteiger partial charge in [0, 0.05) is 43.4 Å². The molecule has 0 aliphatic carbocycles. The first-order valence-electron chi connectivity index (χ1n) is 8.61. The van der Waals surface area contributed by atoms with Crippen molar-refractivity contribution in [3.05, 3.63) is 69.3 Å². The molecule has 11 heteroatoms. The summed E-state index contributed by atoms with van der Waals surface area (Å²) in [6.07, 6.45) is 0. The number of nitro benzene ring substituents is 1. The van der Waals surface area contributed by atoms with Crippen LogP contribution in [0.25, 0.3) is 0 Å². The van der Waals surface area contributed by atoms with Crippen molar-refractivity contribution < 1.29 is 26.9 Å². The van der Waals surface area contributed by atoms with Crippen molar-refractivity contribution in [2.24, 2.45) is 0 Å². The smallest absolute Gasteiger partial charge is 0.273 e. The van der Waals surface area contributed by atoms with Crippen molar-refractivity contribution in [1.29, 1.82) is 0 Å². The van der Waals surface area contributed by atoms with Gasteiger partial charge in [0.25, 0.3) is 11.6 Å². The predicted octanol–water partition coefficient (Wildman–Crippen LogP) is 2.33. The van der Waals surface area contributed by atoms with Crippen LogP contribution in [0, 0.1) is 28.7 Å². The molecule has 0 spiro atoms. The number of hydrogen-bond donors (Lipinski definition) is 0. The minimum Gasteiger partial charge on any atom is -0.336 e. The molecule has 154 valence electrons. The Balaban J connectivity index is 1.75. The van der Waals surface area contributed by atoms with Crippen LogP contribution in [0.3, 0.4) is 0 Å². The minimum atomic E-state index is -4.04. The average molecular weight is 425 g/mol. The summed E-state index contributed by atoms with van der Waals surface area (Å²) in [5.74, 6) is -2.84. The fourth-order valence-corrected chi connectivity index (χ4v) is 4.58. The molecule has 1 aliphatic rings. The first kappa shape index (κ1) is 20.8. The molecule has 1 aliphatic heterocycles. The molecule has 8 nitrogen and oxygen atoms in total. The first-order valence-corrected chi connectivity index (χ1v) is 10.1. The fraction of sp³-hybridized carbons (Fsp3) is 0.278. The molecular formula is C18H17F2N3O5S. The molecule has 0 saturated carbocycles. The average Bonchev–Trinajstić information content (AvgIpc) is 2.69. The summed E-state index contributed by atoms with van der Waals surface area (Å²) in [5.41, 5.74) is 0.242. The number of carbonyl (C=O) groups is 1. The summed E-state index contributed by atoms with van der Waals surface area (Å²) in [6.45, 7) is 1.52. The van der Waals surface area contributed by atoms with Crippen molar-refractivity contribution in [2.75, 3.05) is 26.2 Å². The van der Waals surface area contributed by atoms with E-state index in [0.29, 0.717) is 6.07 Å². The second-order valence-corrected chi connectivity index (χ2v) is 8.42. The molecular weight excluding hydrogens is 408 g/mol. The molecule has 0 N–H and O–H groups in total. The van der Waals surface area contributed by atoms with E-state index in [0.717, 1.165) is 16.4 Å². The largest absolute Gasteiger partial charge is 0.336 e. The third-order valence-corrected chi connectivity index (χ3v) is 6.68. The highest BCUT2D eigenvalue weighted by Gasteiger charge is 2.32. The van der Waals surface area contributed by atoms with Gasteiger partial charge < -0.3 is 4.90 Å². The first-order chi connectivity index (χ1) is 13.6. The number of nitro groups is 1. The Hall–Kier alpha value is -2.92. The lowest BCUT2D eigenvalue weighted by molar-refractivity contribution is -0.385. The Morgan fingerprint density at radius 3 is 2.31 bits per heavy atom. The summed E-state index contributed by atoms with van der Waals surface area (Å²) in [5, 5.41) is 11.1. The third-order valence-electron chi connectivity index (χ3n) is 4.79. The van der Waals surface area contributed by atoms with Gasteiger partial charge in [0.15, 0.2) is 11.6 Å². The van der Waals surface area contributed by atoms with Gasteiger partial charge in [-0.15, -0.1) is 0 Å². The van der Waals surface area contributed by atoms with Gasteiger partial charge in [-0.2, -0.15) is 4.31 Å². The Kier molecular flexibility index (Phi) is 5.62. The standard InChI is InChI=1S/C18H17F2N3O5S/c1-12-14(3-2-4-17(12)23(25)26)18(24)21-7-9-22(10-8-21)29(27,28)13-5-6-15(19)16(20)11-13/h2-6,11H,7-10H2,1H3. The van der Waals surface area contributed by atoms with Crippen LogP contribution in [-0.2, 0) is 10.0 Å². The SMILES string of the molecule is Cc1c(C(=O)N2CCN(S(=O)(=O)c3ccc(F)c(F)c3)CC2)cccc1[N+](=O)[O-]. The summed E-state index contributed by atoms with van der Waals surface area (Å²) >= 11 is 0. The number of piperazine rings is 1. The summed E-state index contributed by atoms with van der Waals surface area (Å²) in [6, 6.07) is 6.55. The van der Waals surface area contributed by atoms with Crippen LogP contribution in [0.15, 0.2) is 41.3 Å². The Morgan fingerprint density at radius 2 is 1.72 bits per heavy atom. The van der Waals surface area contributed by atoms with E-state index in [9.17, 15) is 32.1 Å². The lowest BCUT2D eigenvalue weighted by Gasteiger charge is -2.34. The number of benzene rings is 2. The number of amides is 1. The lowest BCUT2D eigenvalue weighted by Crippen LogP contribution is -2.50. The quantitative estimate of drug-likeness (QED) is 0.553. The molecule has 0 aromatic heterocycles. The number of nitrogens with zero attached hydrogens (tertiary/aromatic N) is 3. The minimum absolute atomic E-state index is 0.0406. The second kappa shape index (κ2) is 7.84. The van der Waals surface area contributed by atoms with Crippen molar-refractivity contribution in [3.63, 3.8) is 0 Å². The molecule has 2 aromatic rings. The molecule has 0 radical (unpaired) electrons. The fourth-order valence-electron chi connectivity index (χ4n) is 3.14. The van der Waals surface area contributed by atoms with Crippen molar-refractivity contribution >= 4 is 21.6 Å². The van der Waals surface area contributed by atoms with Gasteiger partial charge in [-0.3, -0.25) is 14.9 Å². The maximum atomic E-state index is 13.4. The molecule has 3 rings (SSSR count). The highest BCUT2D eigenvalue weighted by atomic mass is 32.2. The highest BCUT2D eigenvalue weighted by molar-refractivity contribution is 7.89. The van der Waals surface area contributed by atoms with Gasteiger partial charge in [-0.05, 0) is 31.2 Å². The van der Waals surface area contributed by atoms with Crippen LogP contribution in [0.2, 0.25) is 0 Å². The predicted molar refractivity (Wildman–Crippen MR) is 98.9 cm³/mol. The second-order valence-electron chi connectivity index (χ2n) is 6.48. The van der Waals surface area contributed by atoms with Gasteiger partial charge in [0.05, 0.1) is 9.82 Å². The van der Waals surface area contributed by atoms with Gasteiger partial charge in [-0.25, -0.2) is 17.2 Å². The Labute approximate surface area is 165 Å². The van der Waals surface area contributed by atoms with Crippen LogP contribution in [-0.4, -0.2) is 54.6 Å². The molecule has 1 heterocycles. The van der Waals surface area contributed by atoms with E-state index in [-0.39, 0.29) is 47.9 Å². The number of hydrogen-bond acceptors (Lipinski definition) is 5. The van der Waals surface area contributed by atoms with Gasteiger partial charge >= 0.3 is 0 Å². The molecule has 1 amide bonds. The van der Waals surface area contributed by atoms with E-state index in [1.807, 2.05) is 0 Å². The molecule has 1 saturated heterocycles. The van der Waals surface area contributed by atoms with E-state index < -0.39 is 32.5 Å². The number of carbonyl (C=O) groups excluding carboxylic acids is 1. The molecule has 0 bridgehead atoms. The van der Waals surface area contributed by atoms with E-state index in [1.54, 1.807) is 0 Å². The summed E-state index contributed by atoms with van der Waals surface area (Å²) in [4.78, 5) is 24.3. The topological polar surface area (TPSA) is 101 Å². The zero-order valence-corrected chi connectivity index (χ0v) is 16.2. The van der Waals surface area contributed by atoms with Crippen LogP contribution in [0.4, 0.5) is 14.5 Å². The van der Waals surface area contributed by atoms with E-state index >= 15 is 0 Å². The molecule has 0 atom stereocenters. The number of sulfonamides is 1. The van der Waals surface area contributed by atoms with Gasteiger partial charge in [0.2, 0.25) is 10.0 Å². The van der Waals surface area contributed by atoms with Crippen LogP contribution < -0.4 is 0 Å². The van der Waals surface area contributed by atoms with Gasteiger partial charge in [0.1, 0.15) is 0 Å². The van der Waals surface area contributed by atoms with E-state index in [4.69, 9.17) is 0 Å². The van der Waals surface area contributed by atoms with Crippen LogP contribution in [0.1, 0.15) is 15.9 Å². The normalized spacial score (nSPS) is 15.3. The molecule has 1 fully saturated rings. The van der Waals surface area contributed by atoms with Gasteiger partial charge in [-0.1, -0.05) is 6.07 Å². The zero-order valence-electron chi connectivity index (χ0n) is 15.3. The van der Waals surface area contributed by atoms with Crippen molar-refractivity contribution in [1.82, 2.24) is 9.21 Å². The number of halogens is 2. The maximum Gasteiger partial charge on any atom is 0.273 e. The maximum absolute atomic E-state index is 13.4. The zero-order chi connectivity index (χ0) is 21.3. The lowest BCUT2D eigenvalue weighted by atomic mass is 10.1. The Morgan fingerprint density at radius 1 is 1.07 bits per heavy atom. The van der Waals surface area contributed by atoms with E-state index in [2.05, 4.69) is 0 Å². The summed E-state index contributed by atoms with van der Waals surface area (Å²) in [7, 11) is -4.04. The Bertz CT molecular complexity index is 1080.